The van der Waals surface area contributed by atoms with Gasteiger partial charge in [-0.1, -0.05) is 0 Å². The maximum Gasteiger partial charge on any atom is 0.254 e. The van der Waals surface area contributed by atoms with Gasteiger partial charge in [0, 0.05) is 35.5 Å². The second-order valence-corrected chi connectivity index (χ2v) is 6.92. The number of rotatable bonds is 7. The van der Waals surface area contributed by atoms with E-state index in [-0.39, 0.29) is 46.3 Å². The molecule has 0 bridgehead atoms. The largest absolute Gasteiger partial charge is 0.492 e. The Morgan fingerprint density at radius 2 is 1.97 bits per heavy atom. The smallest absolute Gasteiger partial charge is 0.254 e. The molecule has 11 heteroatoms. The monoisotopic (exact) mass is 440 g/mol. The van der Waals surface area contributed by atoms with Crippen molar-refractivity contribution in [2.24, 2.45) is 5.92 Å². The number of carbonyl (C=O) groups excluding carboxylic acids is 2. The predicted molar refractivity (Wildman–Crippen MR) is 114 cm³/mol. The topological polar surface area (TPSA) is 131 Å². The van der Waals surface area contributed by atoms with E-state index in [0.29, 0.717) is 5.56 Å². The van der Waals surface area contributed by atoms with E-state index >= 15 is 0 Å². The van der Waals surface area contributed by atoms with Crippen molar-refractivity contribution in [3.63, 3.8) is 0 Å². The summed E-state index contributed by atoms with van der Waals surface area (Å²) < 4.78 is 40.7. The summed E-state index contributed by atoms with van der Waals surface area (Å²) in [5.74, 6) is -1.17. The number of hydrogen-bond donors (Lipinski definition) is 3. The Bertz CT molecular complexity index is 1270. The van der Waals surface area contributed by atoms with E-state index in [1.54, 1.807) is 6.07 Å². The number of aromatic nitrogens is 4. The standard InChI is InChI=1S/C21H20FN7O3/c1-23-21(31)14-10-25-16(29-20(30)11-3-4-11)7-15(14)28-19-17(32-2)13(5-6-24-19)18-26-8-12(22)9-27-18/h5-11H,3-4H2,1-2H3,(H,23,31)(H2,24,25,28,29,30)/i1D3. The Kier molecular flexibility index (Phi) is 4.88. The average Bonchev–Trinajstić information content (AvgIpc) is 3.64. The van der Waals surface area contributed by atoms with E-state index in [2.05, 4.69) is 30.6 Å². The third-order valence-electron chi connectivity index (χ3n) is 4.68. The van der Waals surface area contributed by atoms with Gasteiger partial charge in [-0.2, -0.15) is 0 Å². The van der Waals surface area contributed by atoms with Crippen LogP contribution in [-0.4, -0.2) is 45.8 Å². The van der Waals surface area contributed by atoms with Crippen molar-refractivity contribution in [3.05, 3.63) is 48.3 Å². The normalized spacial score (nSPS) is 14.5. The Hall–Kier alpha value is -4.15. The predicted octanol–water partition coefficient (Wildman–Crippen LogP) is 2.53. The summed E-state index contributed by atoms with van der Waals surface area (Å²) >= 11 is 0. The molecule has 1 saturated carbocycles. The van der Waals surface area contributed by atoms with Crippen LogP contribution in [0.3, 0.4) is 0 Å². The van der Waals surface area contributed by atoms with Crippen molar-refractivity contribution in [2.45, 2.75) is 12.8 Å². The van der Waals surface area contributed by atoms with Gasteiger partial charge in [0.25, 0.3) is 5.91 Å². The van der Waals surface area contributed by atoms with Crippen molar-refractivity contribution in [1.82, 2.24) is 25.3 Å². The molecule has 2 amide bonds. The molecule has 32 heavy (non-hydrogen) atoms. The third-order valence-corrected chi connectivity index (χ3v) is 4.68. The molecule has 3 aromatic heterocycles. The van der Waals surface area contributed by atoms with Crippen LogP contribution in [0, 0.1) is 11.7 Å². The fourth-order valence-corrected chi connectivity index (χ4v) is 2.95. The van der Waals surface area contributed by atoms with Gasteiger partial charge in [-0.15, -0.1) is 0 Å². The molecule has 3 heterocycles. The molecule has 0 aromatic carbocycles. The van der Waals surface area contributed by atoms with Gasteiger partial charge in [-0.05, 0) is 18.9 Å². The maximum atomic E-state index is 13.3. The van der Waals surface area contributed by atoms with Crippen LogP contribution in [0.5, 0.6) is 5.75 Å². The zero-order valence-electron chi connectivity index (χ0n) is 19.8. The lowest BCUT2D eigenvalue weighted by Crippen LogP contribution is -2.20. The van der Waals surface area contributed by atoms with Crippen LogP contribution in [0.15, 0.2) is 36.9 Å². The molecule has 4 rings (SSSR count). The van der Waals surface area contributed by atoms with Crippen LogP contribution in [0.1, 0.15) is 27.3 Å². The van der Waals surface area contributed by atoms with Crippen molar-refractivity contribution in [3.8, 4) is 17.1 Å². The van der Waals surface area contributed by atoms with Gasteiger partial charge in [0.15, 0.2) is 23.2 Å². The molecule has 0 saturated heterocycles. The summed E-state index contributed by atoms with van der Waals surface area (Å²) in [4.78, 5) is 41.1. The first kappa shape index (κ1) is 17.5. The maximum absolute atomic E-state index is 13.3. The molecule has 0 radical (unpaired) electrons. The number of halogens is 1. The zero-order chi connectivity index (χ0) is 25.2. The highest BCUT2D eigenvalue weighted by Gasteiger charge is 2.30. The van der Waals surface area contributed by atoms with Gasteiger partial charge < -0.3 is 20.7 Å². The second kappa shape index (κ2) is 8.92. The molecule has 10 nitrogen and oxygen atoms in total. The Morgan fingerprint density at radius 3 is 2.66 bits per heavy atom. The van der Waals surface area contributed by atoms with E-state index in [0.717, 1.165) is 31.4 Å². The molecule has 3 aromatic rings. The highest BCUT2D eigenvalue weighted by Crippen LogP contribution is 2.36. The van der Waals surface area contributed by atoms with Crippen LogP contribution in [0.4, 0.5) is 21.7 Å². The minimum atomic E-state index is -2.73. The van der Waals surface area contributed by atoms with Gasteiger partial charge in [-0.3, -0.25) is 9.59 Å². The summed E-state index contributed by atoms with van der Waals surface area (Å²) in [6.07, 6.45) is 6.15. The van der Waals surface area contributed by atoms with E-state index in [4.69, 9.17) is 8.85 Å². The van der Waals surface area contributed by atoms with Gasteiger partial charge in [0.1, 0.15) is 5.82 Å². The molecular weight excluding hydrogens is 417 g/mol. The molecule has 0 spiro atoms. The van der Waals surface area contributed by atoms with E-state index in [1.165, 1.54) is 19.4 Å². The summed E-state index contributed by atoms with van der Waals surface area (Å²) in [6.45, 7) is -2.73. The number of ether oxygens (including phenoxy) is 1. The summed E-state index contributed by atoms with van der Waals surface area (Å²) in [6, 6.07) is 2.95. The van der Waals surface area contributed by atoms with Crippen LogP contribution < -0.4 is 20.7 Å². The first-order chi connectivity index (χ1) is 16.6. The Morgan fingerprint density at radius 1 is 1.19 bits per heavy atom. The molecule has 3 N–H and O–H groups in total. The number of amides is 2. The van der Waals surface area contributed by atoms with E-state index < -0.39 is 18.7 Å². The Labute approximate surface area is 186 Å². The van der Waals surface area contributed by atoms with Crippen molar-refractivity contribution < 1.29 is 22.8 Å². The lowest BCUT2D eigenvalue weighted by Gasteiger charge is -2.16. The number of pyridine rings is 2. The number of nitrogens with one attached hydrogen (secondary N) is 3. The number of anilines is 3. The highest BCUT2D eigenvalue weighted by atomic mass is 19.1. The van der Waals surface area contributed by atoms with Crippen molar-refractivity contribution in [2.75, 3.05) is 24.7 Å². The minimum Gasteiger partial charge on any atom is -0.492 e. The van der Waals surface area contributed by atoms with Gasteiger partial charge in [0.05, 0.1) is 36.3 Å². The molecule has 0 atom stereocenters. The first-order valence-corrected chi connectivity index (χ1v) is 9.56. The van der Waals surface area contributed by atoms with E-state index in [9.17, 15) is 14.0 Å². The lowest BCUT2D eigenvalue weighted by atomic mass is 10.2. The summed E-state index contributed by atoms with van der Waals surface area (Å²) in [5, 5.41) is 7.52. The molecule has 0 aliphatic heterocycles. The molecule has 0 unspecified atom stereocenters. The van der Waals surface area contributed by atoms with Gasteiger partial charge >= 0.3 is 0 Å². The van der Waals surface area contributed by atoms with Gasteiger partial charge in [0.2, 0.25) is 5.91 Å². The minimum absolute atomic E-state index is 0.0825. The number of nitrogens with zero attached hydrogens (tertiary/aromatic N) is 4. The van der Waals surface area contributed by atoms with Crippen LogP contribution in [0.25, 0.3) is 11.4 Å². The van der Waals surface area contributed by atoms with Crippen LogP contribution >= 0.6 is 0 Å². The van der Waals surface area contributed by atoms with Crippen LogP contribution in [0.2, 0.25) is 0 Å². The summed E-state index contributed by atoms with van der Waals surface area (Å²) in [5.41, 5.74) is 0.378. The second-order valence-electron chi connectivity index (χ2n) is 6.92. The third kappa shape index (κ3) is 4.46. The highest BCUT2D eigenvalue weighted by molar-refractivity contribution is 6.01. The zero-order valence-corrected chi connectivity index (χ0v) is 16.8. The average molecular weight is 440 g/mol. The molecule has 1 aliphatic rings. The number of hydrogen-bond acceptors (Lipinski definition) is 8. The molecule has 1 fully saturated rings. The van der Waals surface area contributed by atoms with Crippen LogP contribution in [-0.2, 0) is 4.79 Å². The quantitative estimate of drug-likeness (QED) is 0.511. The van der Waals surface area contributed by atoms with Gasteiger partial charge in [-0.25, -0.2) is 24.3 Å². The number of carbonyl (C=O) groups is 2. The Balaban J connectivity index is 1.72. The summed E-state index contributed by atoms with van der Waals surface area (Å²) in [7, 11) is 1.38. The first-order valence-electron chi connectivity index (χ1n) is 11.1. The van der Waals surface area contributed by atoms with Crippen molar-refractivity contribution in [1.29, 1.82) is 0 Å². The fourth-order valence-electron chi connectivity index (χ4n) is 2.95. The number of methoxy groups -OCH3 is 1. The molecule has 164 valence electrons. The lowest BCUT2D eigenvalue weighted by molar-refractivity contribution is -0.117. The SMILES string of the molecule is [2H]C([2H])([2H])NC(=O)c1cnc(NC(=O)C2CC2)cc1Nc1nccc(-c2ncc(F)cn2)c1OC. The molecule has 1 aliphatic carbocycles. The fraction of sp³-hybridized carbons (Fsp3) is 0.238. The van der Waals surface area contributed by atoms with Crippen molar-refractivity contribution >= 4 is 29.1 Å². The molecular formula is C21H20FN7O3. The van der Waals surface area contributed by atoms with E-state index in [1.807, 2.05) is 5.32 Å².